The number of amides is 1. The Morgan fingerprint density at radius 1 is 1.69 bits per heavy atom. The molecule has 1 N–H and O–H groups in total. The van der Waals surface area contributed by atoms with E-state index >= 15 is 0 Å². The van der Waals surface area contributed by atoms with Gasteiger partial charge in [0.2, 0.25) is 5.91 Å². The van der Waals surface area contributed by atoms with Gasteiger partial charge >= 0.3 is 0 Å². The second kappa shape index (κ2) is 4.45. The Morgan fingerprint density at radius 2 is 2.46 bits per heavy atom. The van der Waals surface area contributed by atoms with E-state index in [2.05, 4.69) is 10.3 Å². The summed E-state index contributed by atoms with van der Waals surface area (Å²) in [6.45, 7) is 1.79. The molecule has 0 spiro atoms. The van der Waals surface area contributed by atoms with Gasteiger partial charge in [-0.2, -0.15) is 0 Å². The van der Waals surface area contributed by atoms with Crippen LogP contribution in [-0.2, 0) is 4.79 Å². The number of pyridine rings is 1. The third kappa shape index (κ3) is 2.74. The molecule has 0 radical (unpaired) electrons. The topological polar surface area (TPSA) is 51.2 Å². The number of hydrogen-bond acceptors (Lipinski definition) is 3. The molecule has 0 aliphatic heterocycles. The van der Waals surface area contributed by atoms with E-state index in [0.717, 1.165) is 0 Å². The minimum absolute atomic E-state index is 0.0549. The van der Waals surface area contributed by atoms with Crippen LogP contribution in [0, 0.1) is 0 Å². The minimum Gasteiger partial charge on any atom is -0.497 e. The number of methoxy groups -OCH3 is 1. The highest BCUT2D eigenvalue weighted by molar-refractivity contribution is 5.89. The molecule has 0 unspecified atom stereocenters. The van der Waals surface area contributed by atoms with Crippen molar-refractivity contribution in [3.63, 3.8) is 0 Å². The van der Waals surface area contributed by atoms with E-state index in [9.17, 15) is 4.79 Å². The summed E-state index contributed by atoms with van der Waals surface area (Å²) in [7, 11) is 1.57. The Morgan fingerprint density at radius 3 is 3.08 bits per heavy atom. The number of rotatable bonds is 3. The number of anilines is 1. The summed E-state index contributed by atoms with van der Waals surface area (Å²) >= 11 is 0. The maximum Gasteiger partial charge on any atom is 0.225 e. The van der Waals surface area contributed by atoms with Crippen LogP contribution in [-0.4, -0.2) is 18.0 Å². The number of carbonyl (C=O) groups excluding carboxylic acids is 1. The first-order valence-corrected chi connectivity index (χ1v) is 4.06. The highest BCUT2D eigenvalue weighted by Crippen LogP contribution is 2.13. The van der Waals surface area contributed by atoms with Crippen LogP contribution in [0.3, 0.4) is 0 Å². The van der Waals surface area contributed by atoms with Gasteiger partial charge in [0.15, 0.2) is 0 Å². The molecule has 1 amide bonds. The van der Waals surface area contributed by atoms with Gasteiger partial charge in [-0.15, -0.1) is 0 Å². The van der Waals surface area contributed by atoms with Gasteiger partial charge in [0, 0.05) is 18.7 Å². The van der Waals surface area contributed by atoms with Crippen molar-refractivity contribution in [3.05, 3.63) is 18.3 Å². The molecule has 0 aliphatic carbocycles. The van der Waals surface area contributed by atoms with Crippen LogP contribution in [0.1, 0.15) is 13.3 Å². The zero-order chi connectivity index (χ0) is 9.68. The standard InChI is InChI=1S/C9H12N2O2/c1-3-9(12)11-8-6-7(13-2)4-5-10-8/h4-6H,3H2,1-2H3,(H,10,11,12). The van der Waals surface area contributed by atoms with E-state index in [4.69, 9.17) is 4.74 Å². The molecule has 0 fully saturated rings. The lowest BCUT2D eigenvalue weighted by Crippen LogP contribution is -2.10. The lowest BCUT2D eigenvalue weighted by molar-refractivity contribution is -0.115. The maximum absolute atomic E-state index is 11.0. The van der Waals surface area contributed by atoms with Crippen LogP contribution >= 0.6 is 0 Å². The van der Waals surface area contributed by atoms with Crippen molar-refractivity contribution in [2.45, 2.75) is 13.3 Å². The number of aromatic nitrogens is 1. The van der Waals surface area contributed by atoms with Gasteiger partial charge in [-0.3, -0.25) is 4.79 Å². The summed E-state index contributed by atoms with van der Waals surface area (Å²) in [4.78, 5) is 15.0. The third-order valence-corrected chi connectivity index (χ3v) is 1.56. The Hall–Kier alpha value is -1.58. The van der Waals surface area contributed by atoms with Crippen LogP contribution in [0.15, 0.2) is 18.3 Å². The zero-order valence-electron chi connectivity index (χ0n) is 7.70. The maximum atomic E-state index is 11.0. The first-order valence-electron chi connectivity index (χ1n) is 4.06. The summed E-state index contributed by atoms with van der Waals surface area (Å²) in [5.41, 5.74) is 0. The van der Waals surface area contributed by atoms with Crippen LogP contribution in [0.5, 0.6) is 5.75 Å². The molecular formula is C9H12N2O2. The first-order chi connectivity index (χ1) is 6.26. The average molecular weight is 180 g/mol. The molecule has 13 heavy (non-hydrogen) atoms. The van der Waals surface area contributed by atoms with E-state index in [-0.39, 0.29) is 5.91 Å². The Bertz CT molecular complexity index is 299. The molecule has 70 valence electrons. The monoisotopic (exact) mass is 180 g/mol. The van der Waals surface area contributed by atoms with Crippen molar-refractivity contribution < 1.29 is 9.53 Å². The lowest BCUT2D eigenvalue weighted by atomic mass is 10.4. The molecule has 0 atom stereocenters. The van der Waals surface area contributed by atoms with Crippen molar-refractivity contribution in [2.24, 2.45) is 0 Å². The molecule has 1 aromatic heterocycles. The van der Waals surface area contributed by atoms with Crippen molar-refractivity contribution >= 4 is 11.7 Å². The summed E-state index contributed by atoms with van der Waals surface area (Å²) < 4.78 is 4.98. The molecule has 0 aromatic carbocycles. The fraction of sp³-hybridized carbons (Fsp3) is 0.333. The predicted molar refractivity (Wildman–Crippen MR) is 49.7 cm³/mol. The minimum atomic E-state index is -0.0549. The first kappa shape index (κ1) is 9.51. The van der Waals surface area contributed by atoms with E-state index in [1.165, 1.54) is 0 Å². The van der Waals surface area contributed by atoms with Gasteiger partial charge < -0.3 is 10.1 Å². The normalized spacial score (nSPS) is 9.38. The van der Waals surface area contributed by atoms with Gasteiger partial charge in [0.1, 0.15) is 11.6 Å². The predicted octanol–water partition coefficient (Wildman–Crippen LogP) is 1.44. The van der Waals surface area contributed by atoms with E-state index in [1.54, 1.807) is 32.4 Å². The fourth-order valence-corrected chi connectivity index (χ4v) is 0.838. The molecule has 1 heterocycles. The Balaban J connectivity index is 2.71. The number of carbonyl (C=O) groups is 1. The molecular weight excluding hydrogens is 168 g/mol. The summed E-state index contributed by atoms with van der Waals surface area (Å²) in [5, 5.41) is 2.64. The smallest absolute Gasteiger partial charge is 0.225 e. The van der Waals surface area contributed by atoms with Crippen molar-refractivity contribution in [1.29, 1.82) is 0 Å². The quantitative estimate of drug-likeness (QED) is 0.765. The van der Waals surface area contributed by atoms with Gasteiger partial charge in [-0.25, -0.2) is 4.98 Å². The van der Waals surface area contributed by atoms with Crippen LogP contribution in [0.2, 0.25) is 0 Å². The van der Waals surface area contributed by atoms with Crippen LogP contribution < -0.4 is 10.1 Å². The molecule has 0 aliphatic rings. The molecule has 0 saturated heterocycles. The summed E-state index contributed by atoms with van der Waals surface area (Å²) in [5.74, 6) is 1.15. The molecule has 0 saturated carbocycles. The van der Waals surface area contributed by atoms with E-state index < -0.39 is 0 Å². The largest absolute Gasteiger partial charge is 0.497 e. The second-order valence-electron chi connectivity index (χ2n) is 2.48. The molecule has 4 nitrogen and oxygen atoms in total. The fourth-order valence-electron chi connectivity index (χ4n) is 0.838. The number of ether oxygens (including phenoxy) is 1. The molecule has 0 bridgehead atoms. The lowest BCUT2D eigenvalue weighted by Gasteiger charge is -2.03. The van der Waals surface area contributed by atoms with Gasteiger partial charge in [0.05, 0.1) is 7.11 Å². The SMILES string of the molecule is CCC(=O)Nc1cc(OC)ccn1. The molecule has 1 aromatic rings. The number of nitrogens with one attached hydrogen (secondary N) is 1. The summed E-state index contributed by atoms with van der Waals surface area (Å²) in [6, 6.07) is 3.40. The average Bonchev–Trinajstić information content (AvgIpc) is 2.18. The van der Waals surface area contributed by atoms with Crippen molar-refractivity contribution in [1.82, 2.24) is 4.98 Å². The molecule has 4 heteroatoms. The highest BCUT2D eigenvalue weighted by atomic mass is 16.5. The van der Waals surface area contributed by atoms with Gasteiger partial charge in [-0.1, -0.05) is 6.92 Å². The Labute approximate surface area is 76.9 Å². The van der Waals surface area contributed by atoms with Crippen LogP contribution in [0.25, 0.3) is 0 Å². The van der Waals surface area contributed by atoms with Crippen LogP contribution in [0.4, 0.5) is 5.82 Å². The van der Waals surface area contributed by atoms with Gasteiger partial charge in [-0.05, 0) is 6.07 Å². The van der Waals surface area contributed by atoms with Crippen molar-refractivity contribution in [2.75, 3.05) is 12.4 Å². The Kier molecular flexibility index (Phi) is 3.25. The van der Waals surface area contributed by atoms with Crippen molar-refractivity contribution in [3.8, 4) is 5.75 Å². The molecule has 1 rings (SSSR count). The highest BCUT2D eigenvalue weighted by Gasteiger charge is 2.00. The number of hydrogen-bond donors (Lipinski definition) is 1. The number of nitrogens with zero attached hydrogens (tertiary/aromatic N) is 1. The zero-order valence-corrected chi connectivity index (χ0v) is 7.70. The van der Waals surface area contributed by atoms with E-state index in [1.807, 2.05) is 0 Å². The van der Waals surface area contributed by atoms with Gasteiger partial charge in [0.25, 0.3) is 0 Å². The third-order valence-electron chi connectivity index (χ3n) is 1.56. The second-order valence-corrected chi connectivity index (χ2v) is 2.48. The summed E-state index contributed by atoms with van der Waals surface area (Å²) in [6.07, 6.45) is 2.03. The van der Waals surface area contributed by atoms with E-state index in [0.29, 0.717) is 18.0 Å².